The Balaban J connectivity index is 1.47. The fraction of sp³-hybridized carbons (Fsp3) is 0.250. The van der Waals surface area contributed by atoms with Crippen molar-refractivity contribution >= 4 is 11.8 Å². The number of halogens is 3. The number of alkyl halides is 3. The maximum atomic E-state index is 13.8. The Kier molecular flexibility index (Phi) is 7.62. The van der Waals surface area contributed by atoms with Gasteiger partial charge in [0, 0.05) is 35.2 Å². The number of nitrogens with one attached hydrogen (secondary N) is 1. The van der Waals surface area contributed by atoms with Crippen LogP contribution in [0, 0.1) is 0 Å². The highest BCUT2D eigenvalue weighted by molar-refractivity contribution is 6.04. The van der Waals surface area contributed by atoms with Gasteiger partial charge in [0.2, 0.25) is 0 Å². The van der Waals surface area contributed by atoms with Gasteiger partial charge in [0.05, 0.1) is 18.2 Å². The molecular weight excluding hydrogens is 535 g/mol. The third-order valence-electron chi connectivity index (χ3n) is 7.48. The van der Waals surface area contributed by atoms with Gasteiger partial charge in [-0.25, -0.2) is 4.79 Å². The van der Waals surface area contributed by atoms with E-state index in [2.05, 4.69) is 5.32 Å². The van der Waals surface area contributed by atoms with Gasteiger partial charge in [-0.3, -0.25) is 4.79 Å². The molecule has 0 spiro atoms. The minimum absolute atomic E-state index is 0.0199. The second kappa shape index (κ2) is 11.2. The molecule has 3 aromatic carbocycles. The fourth-order valence-corrected chi connectivity index (χ4v) is 5.59. The number of esters is 1. The Hall–Kier alpha value is -4.53. The molecule has 0 radical (unpaired) electrons. The lowest BCUT2D eigenvalue weighted by atomic mass is 9.71. The van der Waals surface area contributed by atoms with Crippen molar-refractivity contribution in [2.75, 3.05) is 7.11 Å². The van der Waals surface area contributed by atoms with E-state index in [0.29, 0.717) is 40.3 Å². The number of phenolic OH excluding ortho intramolecular Hbond substituents is 1. The second-order valence-electron chi connectivity index (χ2n) is 10.1. The highest BCUT2D eigenvalue weighted by atomic mass is 19.4. The van der Waals surface area contributed by atoms with Crippen LogP contribution in [-0.4, -0.2) is 24.0 Å². The molecule has 0 fully saturated rings. The van der Waals surface area contributed by atoms with Gasteiger partial charge in [-0.1, -0.05) is 42.5 Å². The summed E-state index contributed by atoms with van der Waals surface area (Å²) in [7, 11) is 1.58. The number of allylic oxidation sites excluding steroid dienone is 3. The van der Waals surface area contributed by atoms with Crippen LogP contribution in [0.25, 0.3) is 0 Å². The number of benzene rings is 3. The molecule has 0 bridgehead atoms. The molecule has 2 aliphatic rings. The lowest BCUT2D eigenvalue weighted by molar-refractivity contribution is -0.141. The number of hydrogen-bond acceptors (Lipinski definition) is 6. The average molecular weight is 564 g/mol. The number of rotatable bonds is 6. The number of hydrogen-bond donors (Lipinski definition) is 2. The monoisotopic (exact) mass is 563 g/mol. The predicted octanol–water partition coefficient (Wildman–Crippen LogP) is 6.52. The lowest BCUT2D eigenvalue weighted by Crippen LogP contribution is -2.36. The van der Waals surface area contributed by atoms with Gasteiger partial charge >= 0.3 is 12.1 Å². The first-order valence-corrected chi connectivity index (χ1v) is 13.1. The maximum Gasteiger partial charge on any atom is 0.416 e. The quantitative estimate of drug-likeness (QED) is 0.332. The summed E-state index contributed by atoms with van der Waals surface area (Å²) >= 11 is 0. The summed E-state index contributed by atoms with van der Waals surface area (Å²) in [4.78, 5) is 27.3. The minimum atomic E-state index is -4.47. The van der Waals surface area contributed by atoms with E-state index in [1.165, 1.54) is 24.3 Å². The van der Waals surface area contributed by atoms with E-state index in [1.54, 1.807) is 26.2 Å². The van der Waals surface area contributed by atoms with Gasteiger partial charge in [0.25, 0.3) is 0 Å². The van der Waals surface area contributed by atoms with Gasteiger partial charge in [-0.05, 0) is 60.4 Å². The summed E-state index contributed by atoms with van der Waals surface area (Å²) in [5.74, 6) is -1.14. The van der Waals surface area contributed by atoms with Crippen molar-refractivity contribution < 1.29 is 37.3 Å². The van der Waals surface area contributed by atoms with Gasteiger partial charge < -0.3 is 19.9 Å². The van der Waals surface area contributed by atoms with Gasteiger partial charge in [-0.15, -0.1) is 0 Å². The van der Waals surface area contributed by atoms with Crippen molar-refractivity contribution in [2.24, 2.45) is 0 Å². The van der Waals surface area contributed by atoms with Crippen LogP contribution in [0.4, 0.5) is 13.2 Å². The van der Waals surface area contributed by atoms with Crippen LogP contribution >= 0.6 is 0 Å². The van der Waals surface area contributed by atoms with Crippen LogP contribution in [0.2, 0.25) is 0 Å². The first kappa shape index (κ1) is 28.0. The molecule has 0 aromatic heterocycles. The number of ketones is 1. The molecule has 2 N–H and O–H groups in total. The summed E-state index contributed by atoms with van der Waals surface area (Å²) in [6.45, 7) is 1.46. The van der Waals surface area contributed by atoms with Crippen molar-refractivity contribution in [3.63, 3.8) is 0 Å². The SMILES string of the molecule is COc1ccccc1C1CC(=O)C2=C(C1)NC(C)=C(C(=O)OCc1ccc(C(F)(F)F)cc1)C2c1cccc(O)c1. The number of Topliss-reactive ketones (excluding diaryl/α,β-unsaturated/α-hetero) is 1. The molecule has 41 heavy (non-hydrogen) atoms. The maximum absolute atomic E-state index is 13.8. The summed E-state index contributed by atoms with van der Waals surface area (Å²) in [5, 5.41) is 13.5. The molecule has 212 valence electrons. The van der Waals surface area contributed by atoms with Crippen molar-refractivity contribution in [3.05, 3.63) is 118 Å². The number of carbonyl (C=O) groups excluding carboxylic acids is 2. The molecule has 2 atom stereocenters. The number of dihydropyridines is 1. The van der Waals surface area contributed by atoms with E-state index in [4.69, 9.17) is 9.47 Å². The number of carbonyl (C=O) groups is 2. The smallest absolute Gasteiger partial charge is 0.416 e. The zero-order valence-electron chi connectivity index (χ0n) is 22.4. The molecule has 5 rings (SSSR count). The van der Waals surface area contributed by atoms with Crippen molar-refractivity contribution in [3.8, 4) is 11.5 Å². The molecule has 9 heteroatoms. The van der Waals surface area contributed by atoms with Crippen LogP contribution in [0.5, 0.6) is 11.5 Å². The summed E-state index contributed by atoms with van der Waals surface area (Å²) in [6, 6.07) is 18.3. The van der Waals surface area contributed by atoms with E-state index in [-0.39, 0.29) is 36.1 Å². The number of phenols is 1. The van der Waals surface area contributed by atoms with Gasteiger partial charge in [-0.2, -0.15) is 13.2 Å². The van der Waals surface area contributed by atoms with E-state index in [9.17, 15) is 27.9 Å². The second-order valence-corrected chi connectivity index (χ2v) is 10.1. The summed E-state index contributed by atoms with van der Waals surface area (Å²) < 4.78 is 49.8. The van der Waals surface area contributed by atoms with Crippen LogP contribution in [-0.2, 0) is 27.1 Å². The summed E-state index contributed by atoms with van der Waals surface area (Å²) in [5.41, 5.74) is 2.84. The zero-order valence-corrected chi connectivity index (χ0v) is 22.4. The molecule has 0 saturated heterocycles. The fourth-order valence-electron chi connectivity index (χ4n) is 5.59. The molecule has 1 heterocycles. The molecule has 1 aliphatic heterocycles. The Bertz CT molecular complexity index is 1560. The summed E-state index contributed by atoms with van der Waals surface area (Å²) in [6.07, 6.45) is -3.77. The molecule has 3 aromatic rings. The third kappa shape index (κ3) is 5.70. The number of para-hydroxylation sites is 1. The van der Waals surface area contributed by atoms with Gasteiger partial charge in [0.15, 0.2) is 5.78 Å². The standard InChI is InChI=1S/C32H28F3NO5/c1-18-28(31(39)41-17-19-10-12-22(13-11-19)32(33,34)35)29(20-6-5-7-23(37)14-20)30-25(36-18)15-21(16-26(30)38)24-8-3-4-9-27(24)40-2/h3-14,21,29,36-37H,15-17H2,1-2H3. The van der Waals surface area contributed by atoms with Crippen LogP contribution in [0.15, 0.2) is 95.3 Å². The van der Waals surface area contributed by atoms with E-state index >= 15 is 0 Å². The molecule has 2 unspecified atom stereocenters. The predicted molar refractivity (Wildman–Crippen MR) is 145 cm³/mol. The average Bonchev–Trinajstić information content (AvgIpc) is 2.94. The van der Waals surface area contributed by atoms with Crippen LogP contribution in [0.1, 0.15) is 53.9 Å². The normalized spacial score (nSPS) is 19.0. The third-order valence-corrected chi connectivity index (χ3v) is 7.48. The number of methoxy groups -OCH3 is 1. The molecule has 1 aliphatic carbocycles. The van der Waals surface area contributed by atoms with E-state index in [1.807, 2.05) is 24.3 Å². The van der Waals surface area contributed by atoms with Crippen LogP contribution < -0.4 is 10.1 Å². The molecule has 0 amide bonds. The minimum Gasteiger partial charge on any atom is -0.508 e. The van der Waals surface area contributed by atoms with Crippen molar-refractivity contribution in [1.29, 1.82) is 0 Å². The van der Waals surface area contributed by atoms with Crippen molar-refractivity contribution in [1.82, 2.24) is 5.32 Å². The number of ether oxygens (including phenoxy) is 2. The van der Waals surface area contributed by atoms with Crippen LogP contribution in [0.3, 0.4) is 0 Å². The Morgan fingerprint density at radius 2 is 1.76 bits per heavy atom. The zero-order chi connectivity index (χ0) is 29.3. The molecular formula is C32H28F3NO5. The van der Waals surface area contributed by atoms with Crippen molar-refractivity contribution in [2.45, 2.75) is 44.4 Å². The highest BCUT2D eigenvalue weighted by Crippen LogP contribution is 2.47. The Morgan fingerprint density at radius 3 is 2.44 bits per heavy atom. The first-order chi connectivity index (χ1) is 19.6. The molecule has 0 saturated carbocycles. The largest absolute Gasteiger partial charge is 0.508 e. The topological polar surface area (TPSA) is 84.9 Å². The van der Waals surface area contributed by atoms with E-state index < -0.39 is 23.6 Å². The van der Waals surface area contributed by atoms with E-state index in [0.717, 1.165) is 17.7 Å². The Morgan fingerprint density at radius 1 is 1.02 bits per heavy atom. The highest BCUT2D eigenvalue weighted by Gasteiger charge is 2.42. The lowest BCUT2D eigenvalue weighted by Gasteiger charge is -2.37. The first-order valence-electron chi connectivity index (χ1n) is 13.1. The Labute approximate surface area is 235 Å². The molecule has 6 nitrogen and oxygen atoms in total. The number of aromatic hydroxyl groups is 1. The van der Waals surface area contributed by atoms with Gasteiger partial charge in [0.1, 0.15) is 18.1 Å².